The Labute approximate surface area is 164 Å². The third kappa shape index (κ3) is 3.43. The maximum atomic E-state index is 14.1. The van der Waals surface area contributed by atoms with Crippen LogP contribution in [0, 0.1) is 5.82 Å². The zero-order valence-electron chi connectivity index (χ0n) is 15.8. The molecule has 0 spiro atoms. The molecule has 2 aromatic carbocycles. The fraction of sp³-hybridized carbons (Fsp3) is 0.238. The van der Waals surface area contributed by atoms with Gasteiger partial charge in [0, 0.05) is 38.9 Å². The van der Waals surface area contributed by atoms with Crippen LogP contribution in [-0.4, -0.2) is 43.2 Å². The summed E-state index contributed by atoms with van der Waals surface area (Å²) in [5, 5.41) is 0. The molecular formula is C21H23FN6. The standard InChI is InChI=1S/C21H23FN6/c1-26(16-7-3-2-4-8-16)20-19(23)21(25-15-24-20)28-13-11-27(12-14-28)18-10-6-5-9-17(18)22/h2-10,15H,11-14,23H2,1H3. The molecule has 4 rings (SSSR count). The number of halogens is 1. The van der Waals surface area contributed by atoms with Crippen molar-refractivity contribution in [3.63, 3.8) is 0 Å². The Bertz CT molecular complexity index is 941. The summed E-state index contributed by atoms with van der Waals surface area (Å²) in [5.41, 5.74) is 8.63. The van der Waals surface area contributed by atoms with Crippen molar-refractivity contribution in [3.05, 3.63) is 66.7 Å². The van der Waals surface area contributed by atoms with E-state index >= 15 is 0 Å². The van der Waals surface area contributed by atoms with Crippen molar-refractivity contribution in [2.75, 3.05) is 53.7 Å². The molecule has 0 bridgehead atoms. The van der Waals surface area contributed by atoms with Crippen molar-refractivity contribution in [2.45, 2.75) is 0 Å². The Balaban J connectivity index is 1.52. The lowest BCUT2D eigenvalue weighted by atomic mass is 10.2. The van der Waals surface area contributed by atoms with Crippen LogP contribution in [0.25, 0.3) is 0 Å². The summed E-state index contributed by atoms with van der Waals surface area (Å²) in [6, 6.07) is 16.8. The van der Waals surface area contributed by atoms with Gasteiger partial charge in [-0.1, -0.05) is 30.3 Å². The lowest BCUT2D eigenvalue weighted by Crippen LogP contribution is -2.47. The van der Waals surface area contributed by atoms with Crippen molar-refractivity contribution in [3.8, 4) is 0 Å². The molecular weight excluding hydrogens is 355 g/mol. The highest BCUT2D eigenvalue weighted by atomic mass is 19.1. The van der Waals surface area contributed by atoms with E-state index < -0.39 is 0 Å². The van der Waals surface area contributed by atoms with Crippen molar-refractivity contribution >= 4 is 28.7 Å². The summed E-state index contributed by atoms with van der Waals surface area (Å²) in [4.78, 5) is 15.0. The first kappa shape index (κ1) is 18.0. The van der Waals surface area contributed by atoms with E-state index in [0.29, 0.717) is 43.4 Å². The van der Waals surface area contributed by atoms with Crippen LogP contribution in [0.4, 0.5) is 33.1 Å². The molecule has 1 fully saturated rings. The zero-order chi connectivity index (χ0) is 19.5. The van der Waals surface area contributed by atoms with Crippen molar-refractivity contribution in [2.24, 2.45) is 0 Å². The number of hydrogen-bond acceptors (Lipinski definition) is 6. The average molecular weight is 378 g/mol. The van der Waals surface area contributed by atoms with E-state index in [0.717, 1.165) is 11.5 Å². The molecule has 7 heteroatoms. The highest BCUT2D eigenvalue weighted by Crippen LogP contribution is 2.33. The van der Waals surface area contributed by atoms with Gasteiger partial charge in [-0.25, -0.2) is 14.4 Å². The lowest BCUT2D eigenvalue weighted by molar-refractivity contribution is 0.596. The van der Waals surface area contributed by atoms with Crippen LogP contribution < -0.4 is 20.4 Å². The molecule has 0 saturated carbocycles. The fourth-order valence-electron chi connectivity index (χ4n) is 3.54. The minimum absolute atomic E-state index is 0.190. The molecule has 0 radical (unpaired) electrons. The third-order valence-electron chi connectivity index (χ3n) is 5.08. The SMILES string of the molecule is CN(c1ccccc1)c1ncnc(N2CCN(c3ccccc3F)CC2)c1N. The Morgan fingerprint density at radius 2 is 1.54 bits per heavy atom. The van der Waals surface area contributed by atoms with Gasteiger partial charge >= 0.3 is 0 Å². The normalized spacial score (nSPS) is 14.2. The molecule has 1 aliphatic heterocycles. The molecule has 1 aliphatic rings. The number of aromatic nitrogens is 2. The molecule has 28 heavy (non-hydrogen) atoms. The van der Waals surface area contributed by atoms with Gasteiger partial charge in [-0.05, 0) is 24.3 Å². The van der Waals surface area contributed by atoms with Crippen molar-refractivity contribution in [1.29, 1.82) is 0 Å². The van der Waals surface area contributed by atoms with Crippen LogP contribution in [-0.2, 0) is 0 Å². The second-order valence-corrected chi connectivity index (χ2v) is 6.75. The molecule has 2 heterocycles. The molecule has 2 N–H and O–H groups in total. The quantitative estimate of drug-likeness (QED) is 0.752. The summed E-state index contributed by atoms with van der Waals surface area (Å²) in [7, 11) is 1.94. The molecule has 0 aliphatic carbocycles. The minimum Gasteiger partial charge on any atom is -0.393 e. The van der Waals surface area contributed by atoms with Gasteiger partial charge in [-0.2, -0.15) is 0 Å². The molecule has 0 atom stereocenters. The van der Waals surface area contributed by atoms with E-state index in [-0.39, 0.29) is 5.82 Å². The first-order valence-electron chi connectivity index (χ1n) is 9.29. The van der Waals surface area contributed by atoms with Gasteiger partial charge in [0.25, 0.3) is 0 Å². The monoisotopic (exact) mass is 378 g/mol. The smallest absolute Gasteiger partial charge is 0.161 e. The maximum absolute atomic E-state index is 14.1. The van der Waals surface area contributed by atoms with Crippen molar-refractivity contribution < 1.29 is 4.39 Å². The molecule has 1 saturated heterocycles. The maximum Gasteiger partial charge on any atom is 0.161 e. The van der Waals surface area contributed by atoms with Crippen LogP contribution in [0.5, 0.6) is 0 Å². The van der Waals surface area contributed by atoms with Gasteiger partial charge in [0.1, 0.15) is 17.8 Å². The molecule has 1 aromatic heterocycles. The Hall–Kier alpha value is -3.35. The number of para-hydroxylation sites is 2. The molecule has 0 amide bonds. The van der Waals surface area contributed by atoms with Gasteiger partial charge in [-0.15, -0.1) is 0 Å². The first-order chi connectivity index (χ1) is 13.6. The summed E-state index contributed by atoms with van der Waals surface area (Å²) < 4.78 is 14.1. The fourth-order valence-corrected chi connectivity index (χ4v) is 3.54. The topological polar surface area (TPSA) is 61.5 Å². The second kappa shape index (κ2) is 7.72. The molecule has 0 unspecified atom stereocenters. The Morgan fingerprint density at radius 3 is 2.25 bits per heavy atom. The van der Waals surface area contributed by atoms with Crippen molar-refractivity contribution in [1.82, 2.24) is 9.97 Å². The predicted molar refractivity (Wildman–Crippen MR) is 112 cm³/mol. The molecule has 6 nitrogen and oxygen atoms in total. The summed E-state index contributed by atoms with van der Waals surface area (Å²) in [6.45, 7) is 2.83. The highest BCUT2D eigenvalue weighted by Gasteiger charge is 2.23. The number of rotatable bonds is 4. The largest absolute Gasteiger partial charge is 0.393 e. The van der Waals surface area contributed by atoms with Crippen LogP contribution in [0.1, 0.15) is 0 Å². The first-order valence-corrected chi connectivity index (χ1v) is 9.29. The number of hydrogen-bond donors (Lipinski definition) is 1. The predicted octanol–water partition coefficient (Wildman–Crippen LogP) is 3.29. The van der Waals surface area contributed by atoms with E-state index in [1.807, 2.05) is 54.4 Å². The number of piperazine rings is 1. The minimum atomic E-state index is -0.190. The van der Waals surface area contributed by atoms with E-state index in [9.17, 15) is 4.39 Å². The van der Waals surface area contributed by atoms with E-state index in [4.69, 9.17) is 5.73 Å². The van der Waals surface area contributed by atoms with Gasteiger partial charge in [0.2, 0.25) is 0 Å². The van der Waals surface area contributed by atoms with E-state index in [2.05, 4.69) is 19.8 Å². The summed E-state index contributed by atoms with van der Waals surface area (Å²) in [6.07, 6.45) is 1.55. The van der Waals surface area contributed by atoms with Crippen LogP contribution in [0.2, 0.25) is 0 Å². The van der Waals surface area contributed by atoms with Gasteiger partial charge in [0.05, 0.1) is 5.69 Å². The third-order valence-corrected chi connectivity index (χ3v) is 5.08. The highest BCUT2D eigenvalue weighted by molar-refractivity contribution is 5.79. The van der Waals surface area contributed by atoms with Gasteiger partial charge in [-0.3, -0.25) is 0 Å². The molecule has 3 aromatic rings. The van der Waals surface area contributed by atoms with Gasteiger partial charge in [0.15, 0.2) is 11.6 Å². The van der Waals surface area contributed by atoms with E-state index in [1.54, 1.807) is 12.4 Å². The average Bonchev–Trinajstić information content (AvgIpc) is 2.75. The van der Waals surface area contributed by atoms with Gasteiger partial charge < -0.3 is 20.4 Å². The number of benzene rings is 2. The van der Waals surface area contributed by atoms with E-state index in [1.165, 1.54) is 6.07 Å². The summed E-state index contributed by atoms with van der Waals surface area (Å²) >= 11 is 0. The van der Waals surface area contributed by atoms with Crippen LogP contribution >= 0.6 is 0 Å². The summed E-state index contributed by atoms with van der Waals surface area (Å²) in [5.74, 6) is 1.21. The zero-order valence-corrected chi connectivity index (χ0v) is 15.8. The number of nitrogens with zero attached hydrogens (tertiary/aromatic N) is 5. The Morgan fingerprint density at radius 1 is 0.893 bits per heavy atom. The number of anilines is 5. The lowest BCUT2D eigenvalue weighted by Gasteiger charge is -2.37. The number of nitrogens with two attached hydrogens (primary N) is 1. The number of nitrogen functional groups attached to an aromatic ring is 1. The Kier molecular flexibility index (Phi) is 4.97. The van der Waals surface area contributed by atoms with Crippen LogP contribution in [0.3, 0.4) is 0 Å². The molecule has 144 valence electrons. The van der Waals surface area contributed by atoms with Crippen LogP contribution in [0.15, 0.2) is 60.9 Å². The second-order valence-electron chi connectivity index (χ2n) is 6.75.